The van der Waals surface area contributed by atoms with Gasteiger partial charge in [0, 0.05) is 27.3 Å². The molecule has 0 N–H and O–H groups in total. The molecule has 0 spiro atoms. The first-order chi connectivity index (χ1) is 6.07. The molecule has 0 aliphatic carbocycles. The van der Waals surface area contributed by atoms with Crippen LogP contribution in [0.4, 0.5) is 4.79 Å². The molecule has 0 radical (unpaired) electrons. The van der Waals surface area contributed by atoms with Crippen molar-refractivity contribution in [2.75, 3.05) is 27.3 Å². The van der Waals surface area contributed by atoms with Crippen LogP contribution in [0.15, 0.2) is 0 Å². The molecule has 0 rings (SSSR count). The Kier molecular flexibility index (Phi) is 6.99. The summed E-state index contributed by atoms with van der Waals surface area (Å²) in [5.74, 6) is 0. The highest BCUT2D eigenvalue weighted by Gasteiger charge is 2.11. The van der Waals surface area contributed by atoms with Gasteiger partial charge in [-0.15, -0.1) is 0 Å². The monoisotopic (exact) mass is 253 g/mol. The Morgan fingerprint density at radius 3 is 2.69 bits per heavy atom. The lowest BCUT2D eigenvalue weighted by molar-refractivity contribution is 0.103. The summed E-state index contributed by atoms with van der Waals surface area (Å²) in [4.78, 5) is 12.7. The zero-order valence-electron chi connectivity index (χ0n) is 8.25. The molecule has 0 fully saturated rings. The standard InChI is InChI=1S/C8H16BrNO3/c1-7(9)13-8(11)10(2)5-4-6-12-3/h7H,4-6H2,1-3H3. The lowest BCUT2D eigenvalue weighted by Crippen LogP contribution is -2.30. The summed E-state index contributed by atoms with van der Waals surface area (Å²) in [5.41, 5.74) is 0. The number of alkyl halides is 1. The normalized spacial score (nSPS) is 12.3. The van der Waals surface area contributed by atoms with E-state index in [0.29, 0.717) is 13.2 Å². The number of ether oxygens (including phenoxy) is 2. The number of halogens is 1. The maximum Gasteiger partial charge on any atom is 0.410 e. The van der Waals surface area contributed by atoms with Crippen molar-refractivity contribution in [2.24, 2.45) is 0 Å². The topological polar surface area (TPSA) is 38.8 Å². The fourth-order valence-electron chi connectivity index (χ4n) is 0.766. The van der Waals surface area contributed by atoms with Crippen LogP contribution >= 0.6 is 15.9 Å². The van der Waals surface area contributed by atoms with Gasteiger partial charge in [0.05, 0.1) is 0 Å². The SMILES string of the molecule is COCCCN(C)C(=O)OC(C)Br. The summed E-state index contributed by atoms with van der Waals surface area (Å²) in [6.45, 7) is 3.05. The lowest BCUT2D eigenvalue weighted by atomic mass is 10.4. The van der Waals surface area contributed by atoms with Crippen LogP contribution in [0.2, 0.25) is 0 Å². The molecule has 1 amide bonds. The van der Waals surface area contributed by atoms with E-state index in [2.05, 4.69) is 15.9 Å². The van der Waals surface area contributed by atoms with E-state index in [1.807, 2.05) is 0 Å². The zero-order valence-corrected chi connectivity index (χ0v) is 9.83. The predicted molar refractivity (Wildman–Crippen MR) is 54.0 cm³/mol. The third-order valence-electron chi connectivity index (χ3n) is 1.42. The van der Waals surface area contributed by atoms with E-state index < -0.39 is 0 Å². The molecular formula is C8H16BrNO3. The van der Waals surface area contributed by atoms with E-state index in [0.717, 1.165) is 6.42 Å². The molecule has 1 atom stereocenters. The molecule has 13 heavy (non-hydrogen) atoms. The Morgan fingerprint density at radius 1 is 1.62 bits per heavy atom. The van der Waals surface area contributed by atoms with E-state index in [-0.39, 0.29) is 11.1 Å². The van der Waals surface area contributed by atoms with Crippen LogP contribution in [-0.4, -0.2) is 43.3 Å². The van der Waals surface area contributed by atoms with Gasteiger partial charge in [-0.05, 0) is 29.3 Å². The molecule has 1 unspecified atom stereocenters. The van der Waals surface area contributed by atoms with Gasteiger partial charge in [0.15, 0.2) is 5.01 Å². The van der Waals surface area contributed by atoms with Crippen LogP contribution in [0.3, 0.4) is 0 Å². The third kappa shape index (κ3) is 6.83. The zero-order chi connectivity index (χ0) is 10.3. The van der Waals surface area contributed by atoms with Crippen molar-refractivity contribution in [2.45, 2.75) is 18.4 Å². The van der Waals surface area contributed by atoms with E-state index in [9.17, 15) is 4.79 Å². The summed E-state index contributed by atoms with van der Waals surface area (Å²) in [7, 11) is 3.34. The Labute approximate surface area is 87.3 Å². The van der Waals surface area contributed by atoms with Gasteiger partial charge >= 0.3 is 6.09 Å². The second-order valence-corrected chi connectivity index (χ2v) is 3.98. The highest BCUT2D eigenvalue weighted by Crippen LogP contribution is 2.02. The van der Waals surface area contributed by atoms with E-state index >= 15 is 0 Å². The van der Waals surface area contributed by atoms with Gasteiger partial charge in [-0.2, -0.15) is 0 Å². The van der Waals surface area contributed by atoms with Crippen LogP contribution in [0.1, 0.15) is 13.3 Å². The van der Waals surface area contributed by atoms with Gasteiger partial charge in [0.1, 0.15) is 0 Å². The average Bonchev–Trinajstić information content (AvgIpc) is 2.03. The third-order valence-corrected chi connectivity index (χ3v) is 1.60. The maximum atomic E-state index is 11.2. The lowest BCUT2D eigenvalue weighted by Gasteiger charge is -2.17. The second kappa shape index (κ2) is 7.15. The van der Waals surface area contributed by atoms with E-state index in [1.165, 1.54) is 4.90 Å². The smallest absolute Gasteiger partial charge is 0.410 e. The summed E-state index contributed by atoms with van der Waals surface area (Å²) in [5, 5.41) is -0.245. The molecule has 0 aromatic rings. The number of hydrogen-bond acceptors (Lipinski definition) is 3. The summed E-state index contributed by atoms with van der Waals surface area (Å²) in [6, 6.07) is 0. The van der Waals surface area contributed by atoms with Crippen LogP contribution in [0.5, 0.6) is 0 Å². The first-order valence-electron chi connectivity index (χ1n) is 4.12. The molecule has 0 saturated carbocycles. The van der Waals surface area contributed by atoms with E-state index in [4.69, 9.17) is 9.47 Å². The Bertz CT molecular complexity index is 152. The molecule has 0 heterocycles. The number of methoxy groups -OCH3 is 1. The number of hydrogen-bond donors (Lipinski definition) is 0. The number of carbonyl (C=O) groups excluding carboxylic acids is 1. The number of nitrogens with zero attached hydrogens (tertiary/aromatic N) is 1. The molecule has 0 bridgehead atoms. The summed E-state index contributed by atoms with van der Waals surface area (Å²) < 4.78 is 9.77. The number of rotatable bonds is 5. The van der Waals surface area contributed by atoms with Gasteiger partial charge in [-0.3, -0.25) is 0 Å². The van der Waals surface area contributed by atoms with Gasteiger partial charge in [0.2, 0.25) is 0 Å². The summed E-state index contributed by atoms with van der Waals surface area (Å²) >= 11 is 3.13. The maximum absolute atomic E-state index is 11.2. The molecule has 0 saturated heterocycles. The summed E-state index contributed by atoms with van der Waals surface area (Å²) in [6.07, 6.45) is 0.499. The molecule has 4 nitrogen and oxygen atoms in total. The van der Waals surface area contributed by atoms with Crippen molar-refractivity contribution in [3.63, 3.8) is 0 Å². The van der Waals surface area contributed by atoms with Crippen molar-refractivity contribution >= 4 is 22.0 Å². The predicted octanol–water partition coefficient (Wildman–Crippen LogP) is 1.83. The fourth-order valence-corrected chi connectivity index (χ4v) is 0.926. The average molecular weight is 254 g/mol. The number of amides is 1. The fraction of sp³-hybridized carbons (Fsp3) is 0.875. The van der Waals surface area contributed by atoms with Crippen molar-refractivity contribution in [3.05, 3.63) is 0 Å². The van der Waals surface area contributed by atoms with Gasteiger partial charge in [-0.25, -0.2) is 4.79 Å². The Morgan fingerprint density at radius 2 is 2.23 bits per heavy atom. The molecule has 0 aliphatic heterocycles. The first-order valence-corrected chi connectivity index (χ1v) is 5.04. The Balaban J connectivity index is 3.57. The van der Waals surface area contributed by atoms with E-state index in [1.54, 1.807) is 21.1 Å². The minimum atomic E-state index is -0.319. The minimum absolute atomic E-state index is 0.245. The van der Waals surface area contributed by atoms with Crippen molar-refractivity contribution in [3.8, 4) is 0 Å². The molecule has 0 aromatic heterocycles. The molecule has 78 valence electrons. The van der Waals surface area contributed by atoms with Crippen LogP contribution in [-0.2, 0) is 9.47 Å². The van der Waals surface area contributed by atoms with Crippen LogP contribution in [0.25, 0.3) is 0 Å². The highest BCUT2D eigenvalue weighted by atomic mass is 79.9. The molecular weight excluding hydrogens is 238 g/mol. The minimum Gasteiger partial charge on any atom is -0.435 e. The van der Waals surface area contributed by atoms with Crippen LogP contribution < -0.4 is 0 Å². The van der Waals surface area contributed by atoms with Gasteiger partial charge < -0.3 is 14.4 Å². The second-order valence-electron chi connectivity index (χ2n) is 2.69. The van der Waals surface area contributed by atoms with Crippen molar-refractivity contribution in [1.82, 2.24) is 4.90 Å². The first kappa shape index (κ1) is 12.7. The van der Waals surface area contributed by atoms with Crippen molar-refractivity contribution in [1.29, 1.82) is 0 Å². The Hall–Kier alpha value is -0.290. The van der Waals surface area contributed by atoms with Crippen molar-refractivity contribution < 1.29 is 14.3 Å². The quantitative estimate of drug-likeness (QED) is 0.555. The highest BCUT2D eigenvalue weighted by molar-refractivity contribution is 9.09. The number of carbonyl (C=O) groups is 1. The van der Waals surface area contributed by atoms with Gasteiger partial charge in [-0.1, -0.05) is 0 Å². The molecule has 0 aliphatic rings. The molecule has 0 aromatic carbocycles. The van der Waals surface area contributed by atoms with Crippen LogP contribution in [0, 0.1) is 0 Å². The molecule has 5 heteroatoms. The largest absolute Gasteiger partial charge is 0.435 e. The van der Waals surface area contributed by atoms with Gasteiger partial charge in [0.25, 0.3) is 0 Å².